The Kier molecular flexibility index (Phi) is 18.8. The first-order valence-corrected chi connectivity index (χ1v) is 15.3. The Bertz CT molecular complexity index is 854. The highest BCUT2D eigenvalue weighted by atomic mass is 32.1. The molecule has 0 spiro atoms. The van der Waals surface area contributed by atoms with Crippen LogP contribution in [0.5, 0.6) is 0 Å². The first-order chi connectivity index (χ1) is 18.4. The van der Waals surface area contributed by atoms with E-state index in [1.807, 2.05) is 6.92 Å². The fourth-order valence-electron chi connectivity index (χ4n) is 4.74. The highest BCUT2D eigenvalue weighted by molar-refractivity contribution is 7.79. The summed E-state index contributed by atoms with van der Waals surface area (Å²) in [6.45, 7) is 9.84. The van der Waals surface area contributed by atoms with E-state index in [0.717, 1.165) is 68.2 Å². The largest absolute Gasteiger partial charge is 0.477 e. The van der Waals surface area contributed by atoms with Crippen LogP contribution in [0, 0.1) is 5.41 Å². The van der Waals surface area contributed by atoms with E-state index < -0.39 is 0 Å². The Morgan fingerprint density at radius 3 is 2.24 bits per heavy atom. The summed E-state index contributed by atoms with van der Waals surface area (Å²) < 4.78 is 10.6. The number of unbranched alkanes of at least 4 members (excludes halogenated alkanes) is 8. The topological polar surface area (TPSA) is 62.5 Å². The van der Waals surface area contributed by atoms with E-state index in [1.165, 1.54) is 50.5 Å². The van der Waals surface area contributed by atoms with E-state index in [2.05, 4.69) is 74.5 Å². The van der Waals surface area contributed by atoms with Gasteiger partial charge in [-0.1, -0.05) is 109 Å². The maximum Gasteiger partial charge on any atom is 0.233 e. The smallest absolute Gasteiger partial charge is 0.233 e. The lowest BCUT2D eigenvalue weighted by atomic mass is 10.0. The molecular weight excluding hydrogens is 490 g/mol. The lowest BCUT2D eigenvalue weighted by Gasteiger charge is -2.38. The molecule has 1 aromatic rings. The first-order valence-electron chi connectivity index (χ1n) is 14.9. The number of ketones is 1. The van der Waals surface area contributed by atoms with Gasteiger partial charge in [0.25, 0.3) is 0 Å². The lowest BCUT2D eigenvalue weighted by Crippen LogP contribution is -2.48. The van der Waals surface area contributed by atoms with E-state index in [0.29, 0.717) is 18.1 Å². The van der Waals surface area contributed by atoms with E-state index in [1.54, 1.807) is 0 Å². The SMILES string of the molecule is CCCCCCCCC(=O)CC.CCCCCCOC(=N)/C(=N\S)C1=CCC[N+](C)(Cc2ccccc2)C1. The molecule has 1 N–H and O–H groups in total. The lowest BCUT2D eigenvalue weighted by molar-refractivity contribution is -0.918. The second-order valence-corrected chi connectivity index (χ2v) is 11.0. The molecule has 1 aliphatic heterocycles. The number of carbonyl (C=O) groups is 1. The van der Waals surface area contributed by atoms with Crippen LogP contribution in [0.4, 0.5) is 0 Å². The van der Waals surface area contributed by atoms with Gasteiger partial charge < -0.3 is 9.22 Å². The molecule has 38 heavy (non-hydrogen) atoms. The number of Topliss-reactive ketones (excluding diaryl/α,β-unsaturated/α-hetero) is 1. The van der Waals surface area contributed by atoms with Crippen molar-refractivity contribution in [1.82, 2.24) is 0 Å². The minimum Gasteiger partial charge on any atom is -0.477 e. The maximum atomic E-state index is 10.9. The summed E-state index contributed by atoms with van der Waals surface area (Å²) in [7, 11) is 2.27. The molecule has 1 unspecified atom stereocenters. The minimum absolute atomic E-state index is 0.149. The molecule has 1 aromatic carbocycles. The Morgan fingerprint density at radius 1 is 0.974 bits per heavy atom. The second kappa shape index (κ2) is 21.0. The minimum atomic E-state index is 0.149. The van der Waals surface area contributed by atoms with Gasteiger partial charge in [0, 0.05) is 30.4 Å². The number of ether oxygens (including phenoxy) is 1. The standard InChI is InChI=1S/C21H31N3OS.C11H22O/c1-3-4-5-9-15-25-21(22)20(23-26)19-13-10-14-24(2,17-19)16-18-11-7-6-8-12-18;1-3-5-6-7-8-9-10-11(12)4-2/h6-8,11-13,22H,3-5,9-10,14-17H2,1-2H3;3-10H2,1-2H3/p+1/b22-21?,23-20-;. The number of quaternary nitrogens is 1. The van der Waals surface area contributed by atoms with Gasteiger partial charge in [-0.3, -0.25) is 10.2 Å². The third kappa shape index (κ3) is 14.9. The summed E-state index contributed by atoms with van der Waals surface area (Å²) in [6, 6.07) is 10.6. The Labute approximate surface area is 238 Å². The Morgan fingerprint density at radius 2 is 1.61 bits per heavy atom. The van der Waals surface area contributed by atoms with E-state index >= 15 is 0 Å². The summed E-state index contributed by atoms with van der Waals surface area (Å²) in [4.78, 5) is 10.9. The highest BCUT2D eigenvalue weighted by Crippen LogP contribution is 2.22. The van der Waals surface area contributed by atoms with Crippen molar-refractivity contribution in [3.05, 3.63) is 47.5 Å². The van der Waals surface area contributed by atoms with Crippen molar-refractivity contribution in [3.63, 3.8) is 0 Å². The number of nitrogens with zero attached hydrogens (tertiary/aromatic N) is 2. The molecule has 0 saturated carbocycles. The fourth-order valence-corrected chi connectivity index (χ4v) is 4.96. The van der Waals surface area contributed by atoms with E-state index in [-0.39, 0.29) is 5.90 Å². The fraction of sp³-hybridized carbons (Fsp3) is 0.656. The van der Waals surface area contributed by atoms with Crippen LogP contribution in [0.2, 0.25) is 0 Å². The third-order valence-corrected chi connectivity index (χ3v) is 7.29. The Hall–Kier alpha value is -1.92. The number of carbonyl (C=O) groups excluding carboxylic acids is 1. The summed E-state index contributed by atoms with van der Waals surface area (Å²) in [5.74, 6) is 0.571. The van der Waals surface area contributed by atoms with Crippen LogP contribution in [0.15, 0.2) is 46.4 Å². The average molecular weight is 545 g/mol. The molecule has 214 valence electrons. The van der Waals surface area contributed by atoms with Crippen molar-refractivity contribution in [2.24, 2.45) is 4.40 Å². The van der Waals surface area contributed by atoms with Gasteiger partial charge in [-0.25, -0.2) is 4.40 Å². The molecule has 5 nitrogen and oxygen atoms in total. The van der Waals surface area contributed by atoms with Crippen molar-refractivity contribution >= 4 is 30.2 Å². The van der Waals surface area contributed by atoms with Gasteiger partial charge in [-0.15, -0.1) is 0 Å². The van der Waals surface area contributed by atoms with Crippen molar-refractivity contribution in [2.75, 3.05) is 26.7 Å². The van der Waals surface area contributed by atoms with Gasteiger partial charge in [0.1, 0.15) is 24.6 Å². The molecule has 0 aromatic heterocycles. The molecule has 0 fully saturated rings. The van der Waals surface area contributed by atoms with Crippen molar-refractivity contribution in [3.8, 4) is 0 Å². The molecular formula is C32H54N3O2S+. The number of thiol groups is 1. The second-order valence-electron chi connectivity index (χ2n) is 10.8. The van der Waals surface area contributed by atoms with Gasteiger partial charge in [-0.2, -0.15) is 0 Å². The zero-order chi connectivity index (χ0) is 28.1. The molecule has 1 aliphatic rings. The number of hydrogen-bond donors (Lipinski definition) is 2. The molecule has 0 amide bonds. The molecule has 2 rings (SSSR count). The molecule has 0 aliphatic carbocycles. The summed E-state index contributed by atoms with van der Waals surface area (Å²) in [5.41, 5.74) is 2.99. The predicted molar refractivity (Wildman–Crippen MR) is 166 cm³/mol. The molecule has 0 saturated heterocycles. The number of likely N-dealkylation sites (N-methyl/N-ethyl adjacent to an activating group) is 1. The van der Waals surface area contributed by atoms with Crippen LogP contribution in [0.3, 0.4) is 0 Å². The van der Waals surface area contributed by atoms with Crippen LogP contribution >= 0.6 is 12.8 Å². The van der Waals surface area contributed by atoms with Crippen molar-refractivity contribution in [2.45, 2.75) is 111 Å². The summed E-state index contributed by atoms with van der Waals surface area (Å²) in [6.07, 6.45) is 16.9. The number of hydrogen-bond acceptors (Lipinski definition) is 5. The van der Waals surface area contributed by atoms with Crippen LogP contribution in [0.1, 0.15) is 110 Å². The zero-order valence-corrected chi connectivity index (χ0v) is 25.5. The molecule has 1 heterocycles. The summed E-state index contributed by atoms with van der Waals surface area (Å²) >= 11 is 4.12. The average Bonchev–Trinajstić information content (AvgIpc) is 2.91. The van der Waals surface area contributed by atoms with Crippen LogP contribution < -0.4 is 0 Å². The number of benzene rings is 1. The summed E-state index contributed by atoms with van der Waals surface area (Å²) in [5, 5.41) is 8.26. The third-order valence-electron chi connectivity index (χ3n) is 7.09. The van der Waals surface area contributed by atoms with Crippen LogP contribution in [-0.2, 0) is 16.1 Å². The van der Waals surface area contributed by atoms with Crippen LogP contribution in [-0.4, -0.2) is 48.6 Å². The molecule has 0 bridgehead atoms. The monoisotopic (exact) mass is 544 g/mol. The van der Waals surface area contributed by atoms with Crippen LogP contribution in [0.25, 0.3) is 0 Å². The van der Waals surface area contributed by atoms with Gasteiger partial charge in [0.2, 0.25) is 5.90 Å². The Balaban J connectivity index is 0.000000508. The number of rotatable bonds is 17. The molecule has 6 heteroatoms. The maximum absolute atomic E-state index is 10.9. The normalized spacial score (nSPS) is 17.3. The van der Waals surface area contributed by atoms with Gasteiger partial charge in [-0.05, 0) is 25.7 Å². The van der Waals surface area contributed by atoms with Gasteiger partial charge in [0.15, 0.2) is 0 Å². The van der Waals surface area contributed by atoms with Crippen molar-refractivity contribution in [1.29, 1.82) is 5.41 Å². The van der Waals surface area contributed by atoms with Gasteiger partial charge in [0.05, 0.1) is 20.2 Å². The molecule has 1 atom stereocenters. The quantitative estimate of drug-likeness (QED) is 0.0678. The predicted octanol–water partition coefficient (Wildman–Crippen LogP) is 8.54. The van der Waals surface area contributed by atoms with E-state index in [4.69, 9.17) is 10.1 Å². The first kappa shape index (κ1) is 34.1. The zero-order valence-electron chi connectivity index (χ0n) is 24.6. The molecule has 0 radical (unpaired) electrons. The van der Waals surface area contributed by atoms with E-state index in [9.17, 15) is 4.79 Å². The highest BCUT2D eigenvalue weighted by Gasteiger charge is 2.30. The number of nitrogens with one attached hydrogen (secondary N) is 1. The van der Waals surface area contributed by atoms with Gasteiger partial charge >= 0.3 is 0 Å². The van der Waals surface area contributed by atoms with Crippen molar-refractivity contribution < 1.29 is 14.0 Å².